The Labute approximate surface area is 90.9 Å². The van der Waals surface area contributed by atoms with Crippen molar-refractivity contribution in [1.29, 1.82) is 0 Å². The van der Waals surface area contributed by atoms with Crippen LogP contribution in [-0.4, -0.2) is 34.2 Å². The van der Waals surface area contributed by atoms with Gasteiger partial charge in [0.1, 0.15) is 0 Å². The van der Waals surface area contributed by atoms with Crippen molar-refractivity contribution in [2.75, 3.05) is 13.1 Å². The van der Waals surface area contributed by atoms with Gasteiger partial charge in [-0.25, -0.2) is 0 Å². The molecule has 1 N–H and O–H groups in total. The van der Waals surface area contributed by atoms with Crippen molar-refractivity contribution >= 4 is 0 Å². The Bertz CT molecular complexity index is 301. The number of nitrogens with one attached hydrogen (secondary N) is 1. The molecule has 1 aliphatic heterocycles. The first-order chi connectivity index (χ1) is 7.43. The van der Waals surface area contributed by atoms with E-state index < -0.39 is 0 Å². The predicted molar refractivity (Wildman–Crippen MR) is 59.8 cm³/mol. The number of hydrogen-bond acceptors (Lipinski definition) is 2. The largest absolute Gasteiger partial charge is 0.300 e. The first-order valence-electron chi connectivity index (χ1n) is 6.17. The molecule has 0 bridgehead atoms. The number of nitrogens with zero attached hydrogens (tertiary/aromatic N) is 2. The molecule has 82 valence electrons. The fraction of sp³-hybridized carbons (Fsp3) is 0.750. The lowest BCUT2D eigenvalue weighted by Gasteiger charge is -2.23. The minimum Gasteiger partial charge on any atom is -0.300 e. The SMILES string of the molecule is c1cc(C2CCN(C3CCCC3)C2)n[nH]1. The fourth-order valence-electron chi connectivity index (χ4n) is 3.13. The molecule has 1 saturated carbocycles. The Balaban J connectivity index is 1.63. The summed E-state index contributed by atoms with van der Waals surface area (Å²) in [4.78, 5) is 2.69. The zero-order valence-corrected chi connectivity index (χ0v) is 9.15. The minimum absolute atomic E-state index is 0.678. The van der Waals surface area contributed by atoms with Crippen LogP contribution in [0.15, 0.2) is 12.3 Å². The molecular weight excluding hydrogens is 186 g/mol. The predicted octanol–water partition coefficient (Wildman–Crippen LogP) is 2.14. The van der Waals surface area contributed by atoms with E-state index in [1.54, 1.807) is 0 Å². The van der Waals surface area contributed by atoms with Crippen molar-refractivity contribution < 1.29 is 0 Å². The highest BCUT2D eigenvalue weighted by molar-refractivity contribution is 5.09. The third-order valence-electron chi connectivity index (χ3n) is 4.00. The van der Waals surface area contributed by atoms with Crippen LogP contribution in [0.25, 0.3) is 0 Å². The maximum Gasteiger partial charge on any atom is 0.0666 e. The summed E-state index contributed by atoms with van der Waals surface area (Å²) in [6.07, 6.45) is 8.96. The van der Waals surface area contributed by atoms with Gasteiger partial charge in [0, 0.05) is 24.7 Å². The van der Waals surface area contributed by atoms with Crippen molar-refractivity contribution in [2.45, 2.75) is 44.1 Å². The Morgan fingerprint density at radius 3 is 2.87 bits per heavy atom. The molecule has 3 rings (SSSR count). The number of rotatable bonds is 2. The molecule has 2 aliphatic rings. The molecule has 0 amide bonds. The average Bonchev–Trinajstić information content (AvgIpc) is 3.02. The molecule has 2 heterocycles. The van der Waals surface area contributed by atoms with Gasteiger partial charge in [0.2, 0.25) is 0 Å². The van der Waals surface area contributed by atoms with Gasteiger partial charge in [0.15, 0.2) is 0 Å². The van der Waals surface area contributed by atoms with Crippen molar-refractivity contribution in [3.8, 4) is 0 Å². The maximum atomic E-state index is 4.31. The molecule has 0 spiro atoms. The highest BCUT2D eigenvalue weighted by atomic mass is 15.2. The van der Waals surface area contributed by atoms with Gasteiger partial charge in [-0.15, -0.1) is 0 Å². The van der Waals surface area contributed by atoms with Gasteiger partial charge in [-0.2, -0.15) is 5.10 Å². The molecule has 1 atom stereocenters. The summed E-state index contributed by atoms with van der Waals surface area (Å²) in [5.74, 6) is 0.678. The number of H-pyrrole nitrogens is 1. The van der Waals surface area contributed by atoms with E-state index in [9.17, 15) is 0 Å². The van der Waals surface area contributed by atoms with E-state index in [1.807, 2.05) is 6.20 Å². The summed E-state index contributed by atoms with van der Waals surface area (Å²) in [5, 5.41) is 7.23. The topological polar surface area (TPSA) is 31.9 Å². The summed E-state index contributed by atoms with van der Waals surface area (Å²) < 4.78 is 0. The quantitative estimate of drug-likeness (QED) is 0.802. The molecule has 1 unspecified atom stereocenters. The Morgan fingerprint density at radius 2 is 2.13 bits per heavy atom. The van der Waals surface area contributed by atoms with Gasteiger partial charge in [-0.3, -0.25) is 10.00 Å². The monoisotopic (exact) mass is 205 g/mol. The second-order valence-corrected chi connectivity index (χ2v) is 4.92. The molecule has 0 aromatic carbocycles. The van der Waals surface area contributed by atoms with Crippen LogP contribution in [0, 0.1) is 0 Å². The molecular formula is C12H19N3. The molecule has 2 fully saturated rings. The number of aromatic nitrogens is 2. The Kier molecular flexibility index (Phi) is 2.49. The van der Waals surface area contributed by atoms with E-state index in [0.717, 1.165) is 6.04 Å². The highest BCUT2D eigenvalue weighted by Gasteiger charge is 2.31. The summed E-state index contributed by atoms with van der Waals surface area (Å²) in [6.45, 7) is 2.51. The van der Waals surface area contributed by atoms with Crippen molar-refractivity contribution in [3.63, 3.8) is 0 Å². The van der Waals surface area contributed by atoms with Gasteiger partial charge in [-0.05, 0) is 31.9 Å². The van der Waals surface area contributed by atoms with Crippen molar-refractivity contribution in [3.05, 3.63) is 18.0 Å². The summed E-state index contributed by atoms with van der Waals surface area (Å²) in [6, 6.07) is 3.01. The lowest BCUT2D eigenvalue weighted by Crippen LogP contribution is -2.30. The van der Waals surface area contributed by atoms with E-state index in [-0.39, 0.29) is 0 Å². The Morgan fingerprint density at radius 1 is 1.27 bits per heavy atom. The third kappa shape index (κ3) is 1.81. The van der Waals surface area contributed by atoms with Crippen LogP contribution in [0.4, 0.5) is 0 Å². The molecule has 1 aromatic heterocycles. The third-order valence-corrected chi connectivity index (χ3v) is 4.00. The van der Waals surface area contributed by atoms with Gasteiger partial charge in [-0.1, -0.05) is 12.8 Å². The molecule has 1 aliphatic carbocycles. The summed E-state index contributed by atoms with van der Waals surface area (Å²) in [7, 11) is 0. The van der Waals surface area contributed by atoms with Crippen molar-refractivity contribution in [1.82, 2.24) is 15.1 Å². The second-order valence-electron chi connectivity index (χ2n) is 4.92. The standard InChI is InChI=1S/C12H19N3/c1-2-4-11(3-1)15-8-6-10(9-15)12-5-7-13-14-12/h5,7,10-11H,1-4,6,8-9H2,(H,13,14). The molecule has 1 saturated heterocycles. The van der Waals surface area contributed by atoms with Crippen LogP contribution in [-0.2, 0) is 0 Å². The van der Waals surface area contributed by atoms with Crippen LogP contribution < -0.4 is 0 Å². The smallest absolute Gasteiger partial charge is 0.0666 e. The fourth-order valence-corrected chi connectivity index (χ4v) is 3.13. The van der Waals surface area contributed by atoms with Gasteiger partial charge in [0.25, 0.3) is 0 Å². The van der Waals surface area contributed by atoms with Crippen LogP contribution in [0.3, 0.4) is 0 Å². The second kappa shape index (κ2) is 3.97. The first-order valence-corrected chi connectivity index (χ1v) is 6.17. The lowest BCUT2D eigenvalue weighted by molar-refractivity contribution is 0.243. The lowest BCUT2D eigenvalue weighted by atomic mass is 10.1. The van der Waals surface area contributed by atoms with E-state index in [4.69, 9.17) is 0 Å². The molecule has 3 heteroatoms. The van der Waals surface area contributed by atoms with Crippen LogP contribution >= 0.6 is 0 Å². The highest BCUT2D eigenvalue weighted by Crippen LogP contribution is 2.32. The zero-order valence-electron chi connectivity index (χ0n) is 9.15. The van der Waals surface area contributed by atoms with E-state index in [0.29, 0.717) is 5.92 Å². The van der Waals surface area contributed by atoms with Gasteiger partial charge < -0.3 is 0 Å². The van der Waals surface area contributed by atoms with Gasteiger partial charge >= 0.3 is 0 Å². The maximum absolute atomic E-state index is 4.31. The van der Waals surface area contributed by atoms with Crippen LogP contribution in [0.2, 0.25) is 0 Å². The van der Waals surface area contributed by atoms with Crippen molar-refractivity contribution in [2.24, 2.45) is 0 Å². The van der Waals surface area contributed by atoms with E-state index in [1.165, 1.54) is 50.9 Å². The van der Waals surface area contributed by atoms with Crippen LogP contribution in [0.1, 0.15) is 43.7 Å². The molecule has 15 heavy (non-hydrogen) atoms. The van der Waals surface area contributed by atoms with Crippen LogP contribution in [0.5, 0.6) is 0 Å². The van der Waals surface area contributed by atoms with E-state index >= 15 is 0 Å². The van der Waals surface area contributed by atoms with Gasteiger partial charge in [0.05, 0.1) is 5.69 Å². The number of likely N-dealkylation sites (tertiary alicyclic amines) is 1. The van der Waals surface area contributed by atoms with E-state index in [2.05, 4.69) is 21.2 Å². The average molecular weight is 205 g/mol. The minimum atomic E-state index is 0.678. The zero-order chi connectivity index (χ0) is 10.1. The first kappa shape index (κ1) is 9.40. The Hall–Kier alpha value is -0.830. The number of aromatic amines is 1. The normalized spacial score (nSPS) is 28.9. The summed E-state index contributed by atoms with van der Waals surface area (Å²) in [5.41, 5.74) is 1.26. The summed E-state index contributed by atoms with van der Waals surface area (Å²) >= 11 is 0. The molecule has 0 radical (unpaired) electrons. The molecule has 3 nitrogen and oxygen atoms in total. The number of hydrogen-bond donors (Lipinski definition) is 1. The molecule has 1 aromatic rings.